The summed E-state index contributed by atoms with van der Waals surface area (Å²) in [5.74, 6) is -0.361. The van der Waals surface area contributed by atoms with Gasteiger partial charge < -0.3 is 24.4 Å². The van der Waals surface area contributed by atoms with Crippen LogP contribution in [0.3, 0.4) is 0 Å². The van der Waals surface area contributed by atoms with Gasteiger partial charge in [0.1, 0.15) is 11.4 Å². The first-order valence-corrected chi connectivity index (χ1v) is 9.86. The van der Waals surface area contributed by atoms with Crippen LogP contribution in [0.5, 0.6) is 0 Å². The minimum atomic E-state index is -0.567. The van der Waals surface area contributed by atoms with E-state index in [9.17, 15) is 14.0 Å². The lowest BCUT2D eigenvalue weighted by Gasteiger charge is -2.37. The number of carbonyl (C=O) groups is 2. The molecule has 8 heteroatoms. The maximum atomic E-state index is 13.8. The summed E-state index contributed by atoms with van der Waals surface area (Å²) in [6.45, 7) is 7.07. The molecule has 1 unspecified atom stereocenters. The Labute approximate surface area is 171 Å². The fourth-order valence-electron chi connectivity index (χ4n) is 3.35. The van der Waals surface area contributed by atoms with Gasteiger partial charge in [0.15, 0.2) is 0 Å². The Morgan fingerprint density at radius 3 is 2.76 bits per heavy atom. The van der Waals surface area contributed by atoms with Gasteiger partial charge in [-0.15, -0.1) is 0 Å². The van der Waals surface area contributed by atoms with E-state index >= 15 is 0 Å². The summed E-state index contributed by atoms with van der Waals surface area (Å²) in [7, 11) is 1.29. The zero-order valence-corrected chi connectivity index (χ0v) is 17.6. The quantitative estimate of drug-likeness (QED) is 0.720. The highest BCUT2D eigenvalue weighted by molar-refractivity contribution is 5.68. The van der Waals surface area contributed by atoms with Crippen LogP contribution in [0.2, 0.25) is 0 Å². The van der Waals surface area contributed by atoms with E-state index in [0.717, 1.165) is 12.8 Å². The molecule has 1 aliphatic heterocycles. The Bertz CT molecular complexity index is 692. The number of nitrogens with zero attached hydrogens (tertiary/aromatic N) is 1. The number of ether oxygens (including phenoxy) is 3. The van der Waals surface area contributed by atoms with Crippen molar-refractivity contribution in [3.8, 4) is 0 Å². The van der Waals surface area contributed by atoms with E-state index in [1.54, 1.807) is 11.0 Å². The Morgan fingerprint density at radius 1 is 1.34 bits per heavy atom. The van der Waals surface area contributed by atoms with Gasteiger partial charge in [0.25, 0.3) is 0 Å². The van der Waals surface area contributed by atoms with Crippen LogP contribution in [-0.2, 0) is 14.2 Å². The van der Waals surface area contributed by atoms with Crippen LogP contribution < -0.4 is 5.32 Å². The maximum absolute atomic E-state index is 13.8. The molecular formula is C21H31FN2O5. The molecule has 1 fully saturated rings. The van der Waals surface area contributed by atoms with Crippen molar-refractivity contribution in [3.63, 3.8) is 0 Å². The Morgan fingerprint density at radius 2 is 2.10 bits per heavy atom. The van der Waals surface area contributed by atoms with E-state index in [4.69, 9.17) is 9.47 Å². The number of hydrogen-bond acceptors (Lipinski definition) is 5. The van der Waals surface area contributed by atoms with Gasteiger partial charge in [-0.1, -0.05) is 12.1 Å². The first-order valence-electron chi connectivity index (χ1n) is 9.86. The monoisotopic (exact) mass is 410 g/mol. The van der Waals surface area contributed by atoms with Crippen molar-refractivity contribution in [2.24, 2.45) is 5.92 Å². The van der Waals surface area contributed by atoms with E-state index < -0.39 is 17.8 Å². The Kier molecular flexibility index (Phi) is 8.25. The van der Waals surface area contributed by atoms with Gasteiger partial charge in [-0.2, -0.15) is 0 Å². The number of halogens is 1. The molecule has 0 spiro atoms. The van der Waals surface area contributed by atoms with Gasteiger partial charge in [-0.25, -0.2) is 14.0 Å². The van der Waals surface area contributed by atoms with Crippen molar-refractivity contribution in [1.29, 1.82) is 0 Å². The van der Waals surface area contributed by atoms with Crippen LogP contribution >= 0.6 is 0 Å². The summed E-state index contributed by atoms with van der Waals surface area (Å²) in [4.78, 5) is 25.4. The van der Waals surface area contributed by atoms with E-state index in [2.05, 4.69) is 10.1 Å². The predicted octanol–water partition coefficient (Wildman–Crippen LogP) is 3.89. The van der Waals surface area contributed by atoms with Crippen molar-refractivity contribution in [2.45, 2.75) is 45.3 Å². The average molecular weight is 410 g/mol. The van der Waals surface area contributed by atoms with Crippen LogP contribution in [0.1, 0.15) is 45.3 Å². The second-order valence-corrected chi connectivity index (χ2v) is 8.09. The van der Waals surface area contributed by atoms with E-state index in [1.165, 1.54) is 19.2 Å². The highest BCUT2D eigenvalue weighted by Crippen LogP contribution is 2.33. The fraction of sp³-hybridized carbons (Fsp3) is 0.619. The summed E-state index contributed by atoms with van der Waals surface area (Å²) in [6.07, 6.45) is 0.345. The van der Waals surface area contributed by atoms with Crippen LogP contribution in [-0.4, -0.2) is 56.0 Å². The number of piperidine rings is 1. The van der Waals surface area contributed by atoms with Crippen LogP contribution in [0.15, 0.2) is 24.3 Å². The molecule has 1 aromatic carbocycles. The molecule has 0 radical (unpaired) electrons. The summed E-state index contributed by atoms with van der Waals surface area (Å²) >= 11 is 0. The lowest BCUT2D eigenvalue weighted by Crippen LogP contribution is -2.44. The van der Waals surface area contributed by atoms with Crippen molar-refractivity contribution < 1.29 is 28.2 Å². The molecule has 1 aromatic rings. The van der Waals surface area contributed by atoms with Crippen molar-refractivity contribution in [1.82, 2.24) is 10.2 Å². The SMILES string of the molecule is COC(=O)NCCOC(c1cccc(F)c1)[C@@H]1CCCN(C(=O)OC(C)(C)C)C1. The Hall–Kier alpha value is -2.35. The number of rotatable bonds is 6. The second-order valence-electron chi connectivity index (χ2n) is 8.09. The first kappa shape index (κ1) is 22.9. The zero-order chi connectivity index (χ0) is 21.4. The minimum absolute atomic E-state index is 0.0174. The molecule has 2 rings (SSSR count). The topological polar surface area (TPSA) is 77.1 Å². The first-order chi connectivity index (χ1) is 13.7. The van der Waals surface area contributed by atoms with E-state index in [1.807, 2.05) is 26.8 Å². The molecule has 1 heterocycles. The molecule has 7 nitrogen and oxygen atoms in total. The molecule has 1 aliphatic rings. The van der Waals surface area contributed by atoms with Gasteiger partial charge in [0, 0.05) is 25.6 Å². The number of likely N-dealkylation sites (tertiary alicyclic amines) is 1. The maximum Gasteiger partial charge on any atom is 0.410 e. The van der Waals surface area contributed by atoms with Crippen molar-refractivity contribution in [3.05, 3.63) is 35.6 Å². The molecule has 29 heavy (non-hydrogen) atoms. The van der Waals surface area contributed by atoms with Gasteiger partial charge in [-0.05, 0) is 51.3 Å². The predicted molar refractivity (Wildman–Crippen MR) is 106 cm³/mol. The van der Waals surface area contributed by atoms with Gasteiger partial charge in [0.05, 0.1) is 19.8 Å². The molecule has 2 amide bonds. The molecule has 2 atom stereocenters. The third-order valence-corrected chi connectivity index (χ3v) is 4.57. The molecule has 0 aliphatic carbocycles. The highest BCUT2D eigenvalue weighted by atomic mass is 19.1. The second kappa shape index (κ2) is 10.4. The molecule has 1 N–H and O–H groups in total. The number of hydrogen-bond donors (Lipinski definition) is 1. The largest absolute Gasteiger partial charge is 0.453 e. The fourth-order valence-corrected chi connectivity index (χ4v) is 3.35. The number of amides is 2. The van der Waals surface area contributed by atoms with E-state index in [0.29, 0.717) is 18.7 Å². The number of alkyl carbamates (subject to hydrolysis) is 1. The van der Waals surface area contributed by atoms with Crippen LogP contribution in [0.4, 0.5) is 14.0 Å². The van der Waals surface area contributed by atoms with Gasteiger partial charge >= 0.3 is 12.2 Å². The average Bonchev–Trinajstić information content (AvgIpc) is 2.66. The number of carbonyl (C=O) groups excluding carboxylic acids is 2. The zero-order valence-electron chi connectivity index (χ0n) is 17.6. The van der Waals surface area contributed by atoms with Crippen molar-refractivity contribution in [2.75, 3.05) is 33.4 Å². The summed E-state index contributed by atoms with van der Waals surface area (Å²) in [5, 5.41) is 2.56. The van der Waals surface area contributed by atoms with Gasteiger partial charge in [0.2, 0.25) is 0 Å². The number of methoxy groups -OCH3 is 1. The van der Waals surface area contributed by atoms with Gasteiger partial charge in [-0.3, -0.25) is 0 Å². The highest BCUT2D eigenvalue weighted by Gasteiger charge is 2.33. The molecule has 162 valence electrons. The standard InChI is InChI=1S/C21H31FN2O5/c1-21(2,3)29-20(26)24-11-6-8-16(14-24)18(15-7-5-9-17(22)13-15)28-12-10-23-19(25)27-4/h5,7,9,13,16,18H,6,8,10-12,14H2,1-4H3,(H,23,25)/t16-,18?/m1/s1. The van der Waals surface area contributed by atoms with E-state index in [-0.39, 0.29) is 31.0 Å². The summed E-state index contributed by atoms with van der Waals surface area (Å²) in [6, 6.07) is 6.29. The molecule has 0 bridgehead atoms. The lowest BCUT2D eigenvalue weighted by molar-refractivity contribution is -0.0246. The molecule has 1 saturated heterocycles. The molecule has 0 saturated carbocycles. The smallest absolute Gasteiger partial charge is 0.410 e. The molecule has 0 aromatic heterocycles. The normalized spacial score (nSPS) is 18.1. The third kappa shape index (κ3) is 7.53. The van der Waals surface area contributed by atoms with Crippen LogP contribution in [0, 0.1) is 11.7 Å². The number of nitrogens with one attached hydrogen (secondary N) is 1. The van der Waals surface area contributed by atoms with Crippen molar-refractivity contribution >= 4 is 12.2 Å². The summed E-state index contributed by atoms with van der Waals surface area (Å²) in [5.41, 5.74) is 0.140. The molecular weight excluding hydrogens is 379 g/mol. The summed E-state index contributed by atoms with van der Waals surface area (Å²) < 4.78 is 29.9. The third-order valence-electron chi connectivity index (χ3n) is 4.57. The Balaban J connectivity index is 2.08. The minimum Gasteiger partial charge on any atom is -0.453 e. The van der Waals surface area contributed by atoms with Crippen LogP contribution in [0.25, 0.3) is 0 Å². The lowest BCUT2D eigenvalue weighted by atomic mass is 9.88. The number of benzene rings is 1.